The van der Waals surface area contributed by atoms with E-state index < -0.39 is 0 Å². The van der Waals surface area contributed by atoms with Gasteiger partial charge in [0.2, 0.25) is 0 Å². The van der Waals surface area contributed by atoms with E-state index in [4.69, 9.17) is 4.74 Å². The molecule has 0 saturated carbocycles. The number of hydrogen-bond acceptors (Lipinski definition) is 2. The molecule has 0 radical (unpaired) electrons. The average Bonchev–Trinajstić information content (AvgIpc) is 2.27. The Bertz CT molecular complexity index is 400. The first kappa shape index (κ1) is 15.0. The monoisotopic (exact) mass is 250 g/mol. The average molecular weight is 250 g/mol. The van der Waals surface area contributed by atoms with Crippen LogP contribution in [0, 0.1) is 5.41 Å². The van der Waals surface area contributed by atoms with Crippen LogP contribution in [0.2, 0.25) is 0 Å². The summed E-state index contributed by atoms with van der Waals surface area (Å²) in [7, 11) is 1.68. The minimum Gasteiger partial charge on any atom is -0.496 e. The van der Waals surface area contributed by atoms with Crippen molar-refractivity contribution in [3.8, 4) is 5.75 Å². The summed E-state index contributed by atoms with van der Waals surface area (Å²) in [4.78, 5) is 0. The Morgan fingerprint density at radius 2 is 1.72 bits per heavy atom. The largest absolute Gasteiger partial charge is 0.496 e. The molecule has 1 rings (SSSR count). The van der Waals surface area contributed by atoms with E-state index in [1.165, 1.54) is 5.56 Å². The molecule has 0 bridgehead atoms. The third-order valence-corrected chi connectivity index (χ3v) is 3.12. The Balaban J connectivity index is 3.18. The molecular weight excluding hydrogens is 224 g/mol. The van der Waals surface area contributed by atoms with E-state index in [2.05, 4.69) is 32.9 Å². The lowest BCUT2D eigenvalue weighted by molar-refractivity contribution is 0.214. The summed E-state index contributed by atoms with van der Waals surface area (Å²) in [6, 6.07) is 6.29. The van der Waals surface area contributed by atoms with Gasteiger partial charge in [0.15, 0.2) is 0 Å². The summed E-state index contributed by atoms with van der Waals surface area (Å²) < 4.78 is 5.41. The molecule has 2 nitrogen and oxygen atoms in total. The fourth-order valence-electron chi connectivity index (χ4n) is 2.09. The van der Waals surface area contributed by atoms with Crippen molar-refractivity contribution in [1.82, 2.24) is 0 Å². The molecule has 2 heteroatoms. The number of rotatable bonds is 4. The third kappa shape index (κ3) is 3.74. The second-order valence-electron chi connectivity index (χ2n) is 6.81. The van der Waals surface area contributed by atoms with Crippen LogP contribution in [-0.4, -0.2) is 18.8 Å². The first-order valence-corrected chi connectivity index (χ1v) is 6.48. The van der Waals surface area contributed by atoms with Gasteiger partial charge in [-0.15, -0.1) is 0 Å². The predicted molar refractivity (Wildman–Crippen MR) is 76.3 cm³/mol. The van der Waals surface area contributed by atoms with Crippen molar-refractivity contribution in [3.05, 3.63) is 29.3 Å². The summed E-state index contributed by atoms with van der Waals surface area (Å²) in [5.41, 5.74) is 2.35. The zero-order valence-electron chi connectivity index (χ0n) is 12.5. The van der Waals surface area contributed by atoms with Crippen LogP contribution in [0.25, 0.3) is 0 Å². The fraction of sp³-hybridized carbons (Fsp3) is 0.625. The van der Waals surface area contributed by atoms with Crippen molar-refractivity contribution < 1.29 is 9.84 Å². The summed E-state index contributed by atoms with van der Waals surface area (Å²) in [5, 5.41) is 9.54. The lowest BCUT2D eigenvalue weighted by atomic mass is 9.81. The van der Waals surface area contributed by atoms with E-state index in [0.29, 0.717) is 0 Å². The Morgan fingerprint density at radius 3 is 2.17 bits per heavy atom. The van der Waals surface area contributed by atoms with Crippen molar-refractivity contribution in [2.45, 2.75) is 46.5 Å². The van der Waals surface area contributed by atoms with Crippen molar-refractivity contribution in [2.75, 3.05) is 13.7 Å². The standard InChI is InChI=1S/C16H26O2/c1-15(2,3)10-12-7-8-14(18-6)13(9-12)16(4,5)11-17/h7-9,17H,10-11H2,1-6H3. The van der Waals surface area contributed by atoms with Gasteiger partial charge >= 0.3 is 0 Å². The molecular formula is C16H26O2. The topological polar surface area (TPSA) is 29.5 Å². The summed E-state index contributed by atoms with van der Waals surface area (Å²) in [6.45, 7) is 10.9. The van der Waals surface area contributed by atoms with Crippen LogP contribution in [-0.2, 0) is 11.8 Å². The van der Waals surface area contributed by atoms with E-state index in [0.717, 1.165) is 17.7 Å². The molecule has 0 unspecified atom stereocenters. The highest BCUT2D eigenvalue weighted by Crippen LogP contribution is 2.33. The molecule has 0 spiro atoms. The van der Waals surface area contributed by atoms with Gasteiger partial charge in [0.1, 0.15) is 5.75 Å². The lowest BCUT2D eigenvalue weighted by Gasteiger charge is -2.26. The van der Waals surface area contributed by atoms with E-state index in [1.807, 2.05) is 19.9 Å². The van der Waals surface area contributed by atoms with E-state index >= 15 is 0 Å². The predicted octanol–water partition coefficient (Wildman–Crippen LogP) is 3.55. The lowest BCUT2D eigenvalue weighted by Crippen LogP contribution is -2.23. The Hall–Kier alpha value is -1.02. The SMILES string of the molecule is COc1ccc(CC(C)(C)C)cc1C(C)(C)CO. The van der Waals surface area contributed by atoms with E-state index in [1.54, 1.807) is 7.11 Å². The minimum absolute atomic E-state index is 0.113. The smallest absolute Gasteiger partial charge is 0.122 e. The molecule has 0 saturated heterocycles. The van der Waals surface area contributed by atoms with Crippen molar-refractivity contribution in [3.63, 3.8) is 0 Å². The van der Waals surface area contributed by atoms with Crippen LogP contribution in [0.5, 0.6) is 5.75 Å². The molecule has 0 aliphatic carbocycles. The third-order valence-electron chi connectivity index (χ3n) is 3.12. The van der Waals surface area contributed by atoms with Crippen LogP contribution < -0.4 is 4.74 Å². The highest BCUT2D eigenvalue weighted by atomic mass is 16.5. The Labute approximate surface area is 111 Å². The second kappa shape index (κ2) is 5.31. The van der Waals surface area contributed by atoms with E-state index in [-0.39, 0.29) is 17.4 Å². The van der Waals surface area contributed by atoms with Crippen molar-refractivity contribution in [1.29, 1.82) is 0 Å². The summed E-state index contributed by atoms with van der Waals surface area (Å²) in [5.74, 6) is 0.853. The van der Waals surface area contributed by atoms with Crippen LogP contribution in [0.1, 0.15) is 45.7 Å². The molecule has 0 aromatic heterocycles. The van der Waals surface area contributed by atoms with Crippen LogP contribution in [0.15, 0.2) is 18.2 Å². The van der Waals surface area contributed by atoms with Gasteiger partial charge in [0.25, 0.3) is 0 Å². The molecule has 1 aromatic carbocycles. The zero-order valence-corrected chi connectivity index (χ0v) is 12.5. The number of aliphatic hydroxyl groups is 1. The number of methoxy groups -OCH3 is 1. The molecule has 0 fully saturated rings. The maximum atomic E-state index is 9.54. The number of hydrogen-bond donors (Lipinski definition) is 1. The Kier molecular flexibility index (Phi) is 4.44. The quantitative estimate of drug-likeness (QED) is 0.885. The molecule has 0 aliphatic rings. The molecule has 18 heavy (non-hydrogen) atoms. The number of benzene rings is 1. The summed E-state index contributed by atoms with van der Waals surface area (Å²) in [6.07, 6.45) is 1.02. The normalized spacial score (nSPS) is 12.6. The zero-order chi connectivity index (χ0) is 14.0. The van der Waals surface area contributed by atoms with Gasteiger partial charge in [0, 0.05) is 11.0 Å². The van der Waals surface area contributed by atoms with Crippen LogP contribution in [0.3, 0.4) is 0 Å². The van der Waals surface area contributed by atoms with E-state index in [9.17, 15) is 5.11 Å². The van der Waals surface area contributed by atoms with Gasteiger partial charge in [-0.2, -0.15) is 0 Å². The first-order chi connectivity index (χ1) is 8.19. The molecule has 1 N–H and O–H groups in total. The Morgan fingerprint density at radius 1 is 1.11 bits per heavy atom. The van der Waals surface area contributed by atoms with Gasteiger partial charge in [-0.3, -0.25) is 0 Å². The van der Waals surface area contributed by atoms with Crippen molar-refractivity contribution >= 4 is 0 Å². The highest BCUT2D eigenvalue weighted by molar-refractivity contribution is 5.42. The highest BCUT2D eigenvalue weighted by Gasteiger charge is 2.24. The van der Waals surface area contributed by atoms with Crippen LogP contribution in [0.4, 0.5) is 0 Å². The summed E-state index contributed by atoms with van der Waals surface area (Å²) >= 11 is 0. The van der Waals surface area contributed by atoms with Gasteiger partial charge in [-0.25, -0.2) is 0 Å². The van der Waals surface area contributed by atoms with Crippen molar-refractivity contribution in [2.24, 2.45) is 5.41 Å². The van der Waals surface area contributed by atoms with Crippen LogP contribution >= 0.6 is 0 Å². The van der Waals surface area contributed by atoms with Gasteiger partial charge in [-0.1, -0.05) is 46.8 Å². The molecule has 0 amide bonds. The number of ether oxygens (including phenoxy) is 1. The first-order valence-electron chi connectivity index (χ1n) is 6.48. The van der Waals surface area contributed by atoms with Gasteiger partial charge < -0.3 is 9.84 Å². The number of aliphatic hydroxyl groups excluding tert-OH is 1. The molecule has 0 atom stereocenters. The molecule has 102 valence electrons. The molecule has 0 aliphatic heterocycles. The van der Waals surface area contributed by atoms with Gasteiger partial charge in [0.05, 0.1) is 13.7 Å². The second-order valence-corrected chi connectivity index (χ2v) is 6.81. The van der Waals surface area contributed by atoms with Gasteiger partial charge in [-0.05, 0) is 23.5 Å². The maximum Gasteiger partial charge on any atom is 0.122 e. The maximum absolute atomic E-state index is 9.54. The molecule has 0 heterocycles. The minimum atomic E-state index is -0.279. The molecule has 1 aromatic rings. The fourth-order valence-corrected chi connectivity index (χ4v) is 2.09.